The Balaban J connectivity index is 1.93. The van der Waals surface area contributed by atoms with Crippen LogP contribution in [0.3, 0.4) is 0 Å². The summed E-state index contributed by atoms with van der Waals surface area (Å²) in [4.78, 5) is 11.7. The van der Waals surface area contributed by atoms with Crippen LogP contribution >= 0.6 is 11.8 Å². The number of rotatable bonds is 8. The molecule has 1 rings (SSSR count). The molecule has 0 aromatic rings. The van der Waals surface area contributed by atoms with Gasteiger partial charge in [0, 0.05) is 13.0 Å². The second kappa shape index (κ2) is 9.77. The van der Waals surface area contributed by atoms with Gasteiger partial charge < -0.3 is 10.6 Å². The molecule has 1 fully saturated rings. The van der Waals surface area contributed by atoms with Gasteiger partial charge in [-0.15, -0.1) is 0 Å². The second-order valence-electron chi connectivity index (χ2n) is 4.80. The number of hydrogen-bond acceptors (Lipinski definition) is 3. The highest BCUT2D eigenvalue weighted by molar-refractivity contribution is 7.98. The summed E-state index contributed by atoms with van der Waals surface area (Å²) < 4.78 is 0. The zero-order chi connectivity index (χ0) is 12.3. The van der Waals surface area contributed by atoms with E-state index in [0.29, 0.717) is 5.92 Å². The van der Waals surface area contributed by atoms with E-state index in [2.05, 4.69) is 16.9 Å². The highest BCUT2D eigenvalue weighted by atomic mass is 32.2. The third kappa shape index (κ3) is 7.66. The van der Waals surface area contributed by atoms with E-state index in [0.717, 1.165) is 45.3 Å². The third-order valence-corrected chi connectivity index (χ3v) is 3.98. The first-order valence-electron chi connectivity index (χ1n) is 6.79. The summed E-state index contributed by atoms with van der Waals surface area (Å²) in [5.41, 5.74) is 0. The largest absolute Gasteiger partial charge is 0.356 e. The summed E-state index contributed by atoms with van der Waals surface area (Å²) in [5.74, 6) is 2.10. The molecule has 1 amide bonds. The van der Waals surface area contributed by atoms with Crippen LogP contribution in [0.4, 0.5) is 0 Å². The van der Waals surface area contributed by atoms with E-state index in [9.17, 15) is 4.79 Å². The molecule has 0 aliphatic carbocycles. The van der Waals surface area contributed by atoms with Crippen molar-refractivity contribution in [3.63, 3.8) is 0 Å². The number of unbranched alkanes of at least 4 members (excludes halogenated alkanes) is 2. The summed E-state index contributed by atoms with van der Waals surface area (Å²) in [6.07, 6.45) is 8.80. The van der Waals surface area contributed by atoms with Gasteiger partial charge in [-0.2, -0.15) is 11.8 Å². The van der Waals surface area contributed by atoms with Crippen molar-refractivity contribution in [3.8, 4) is 0 Å². The Morgan fingerprint density at radius 1 is 1.29 bits per heavy atom. The summed E-state index contributed by atoms with van der Waals surface area (Å²) >= 11 is 1.90. The number of hydrogen-bond donors (Lipinski definition) is 2. The number of carbonyl (C=O) groups is 1. The van der Waals surface area contributed by atoms with Crippen molar-refractivity contribution < 1.29 is 4.79 Å². The quantitative estimate of drug-likeness (QED) is 0.655. The summed E-state index contributed by atoms with van der Waals surface area (Å²) in [5, 5.41) is 6.37. The Morgan fingerprint density at radius 3 is 2.76 bits per heavy atom. The maximum atomic E-state index is 11.7. The molecular formula is C13H26N2OS. The first-order chi connectivity index (χ1) is 8.33. The van der Waals surface area contributed by atoms with Crippen molar-refractivity contribution in [1.82, 2.24) is 10.6 Å². The molecule has 0 atom stereocenters. The van der Waals surface area contributed by atoms with Crippen LogP contribution in [0.25, 0.3) is 0 Å². The Morgan fingerprint density at radius 2 is 2.06 bits per heavy atom. The fourth-order valence-corrected chi connectivity index (χ4v) is 2.69. The third-order valence-electron chi connectivity index (χ3n) is 3.28. The molecule has 4 heteroatoms. The molecule has 100 valence electrons. The van der Waals surface area contributed by atoms with Crippen LogP contribution in [0, 0.1) is 5.92 Å². The Labute approximate surface area is 109 Å². The standard InChI is InChI=1S/C13H26N2OS/c1-17-10-4-2-3-7-15-13(16)11-12-5-8-14-9-6-12/h12,14H,2-11H2,1H3,(H,15,16). The van der Waals surface area contributed by atoms with Crippen LogP contribution < -0.4 is 10.6 Å². The molecule has 0 unspecified atom stereocenters. The monoisotopic (exact) mass is 258 g/mol. The van der Waals surface area contributed by atoms with Crippen LogP contribution in [-0.2, 0) is 4.79 Å². The highest BCUT2D eigenvalue weighted by Gasteiger charge is 2.16. The maximum Gasteiger partial charge on any atom is 0.220 e. The Hall–Kier alpha value is -0.220. The lowest BCUT2D eigenvalue weighted by molar-refractivity contribution is -0.122. The minimum Gasteiger partial charge on any atom is -0.356 e. The smallest absolute Gasteiger partial charge is 0.220 e. The molecule has 0 aromatic carbocycles. The highest BCUT2D eigenvalue weighted by Crippen LogP contribution is 2.15. The van der Waals surface area contributed by atoms with Crippen LogP contribution in [0.5, 0.6) is 0 Å². The number of piperidine rings is 1. The van der Waals surface area contributed by atoms with Crippen LogP contribution in [0.1, 0.15) is 38.5 Å². The van der Waals surface area contributed by atoms with E-state index in [1.807, 2.05) is 11.8 Å². The van der Waals surface area contributed by atoms with Gasteiger partial charge in [0.05, 0.1) is 0 Å². The molecule has 0 bridgehead atoms. The Bertz CT molecular complexity index is 206. The molecule has 3 nitrogen and oxygen atoms in total. The average molecular weight is 258 g/mol. The van der Waals surface area contributed by atoms with Gasteiger partial charge in [0.1, 0.15) is 0 Å². The lowest BCUT2D eigenvalue weighted by Crippen LogP contribution is -2.32. The average Bonchev–Trinajstić information content (AvgIpc) is 2.35. The lowest BCUT2D eigenvalue weighted by Gasteiger charge is -2.21. The summed E-state index contributed by atoms with van der Waals surface area (Å²) in [6.45, 7) is 3.01. The summed E-state index contributed by atoms with van der Waals surface area (Å²) in [7, 11) is 0. The molecule has 17 heavy (non-hydrogen) atoms. The summed E-state index contributed by atoms with van der Waals surface area (Å²) in [6, 6.07) is 0. The van der Waals surface area contributed by atoms with Crippen molar-refractivity contribution in [1.29, 1.82) is 0 Å². The van der Waals surface area contributed by atoms with E-state index >= 15 is 0 Å². The maximum absolute atomic E-state index is 11.7. The van der Waals surface area contributed by atoms with Crippen molar-refractivity contribution in [2.75, 3.05) is 31.6 Å². The van der Waals surface area contributed by atoms with Crippen molar-refractivity contribution in [3.05, 3.63) is 0 Å². The fraction of sp³-hybridized carbons (Fsp3) is 0.923. The van der Waals surface area contributed by atoms with E-state index in [4.69, 9.17) is 0 Å². The topological polar surface area (TPSA) is 41.1 Å². The zero-order valence-corrected chi connectivity index (χ0v) is 11.8. The van der Waals surface area contributed by atoms with Gasteiger partial charge in [0.2, 0.25) is 5.91 Å². The van der Waals surface area contributed by atoms with Crippen LogP contribution in [0.15, 0.2) is 0 Å². The van der Waals surface area contributed by atoms with Crippen molar-refractivity contribution in [2.24, 2.45) is 5.92 Å². The lowest BCUT2D eigenvalue weighted by atomic mass is 9.94. The van der Waals surface area contributed by atoms with Crippen molar-refractivity contribution in [2.45, 2.75) is 38.5 Å². The van der Waals surface area contributed by atoms with Gasteiger partial charge >= 0.3 is 0 Å². The first kappa shape index (κ1) is 14.8. The van der Waals surface area contributed by atoms with E-state index in [1.54, 1.807) is 0 Å². The van der Waals surface area contributed by atoms with Gasteiger partial charge in [-0.25, -0.2) is 0 Å². The van der Waals surface area contributed by atoms with E-state index in [1.165, 1.54) is 18.6 Å². The first-order valence-corrected chi connectivity index (χ1v) is 8.18. The van der Waals surface area contributed by atoms with E-state index in [-0.39, 0.29) is 5.91 Å². The predicted molar refractivity (Wildman–Crippen MR) is 75.5 cm³/mol. The van der Waals surface area contributed by atoms with Crippen LogP contribution in [0.2, 0.25) is 0 Å². The minimum atomic E-state index is 0.252. The molecule has 1 heterocycles. The van der Waals surface area contributed by atoms with Gasteiger partial charge in [-0.1, -0.05) is 6.42 Å². The second-order valence-corrected chi connectivity index (χ2v) is 5.79. The van der Waals surface area contributed by atoms with Crippen LogP contribution in [-0.4, -0.2) is 37.6 Å². The van der Waals surface area contributed by atoms with Crippen molar-refractivity contribution >= 4 is 17.7 Å². The predicted octanol–water partition coefficient (Wildman–Crippen LogP) is 2.03. The molecule has 0 spiro atoms. The molecular weight excluding hydrogens is 232 g/mol. The van der Waals surface area contributed by atoms with Gasteiger partial charge in [-0.3, -0.25) is 4.79 Å². The molecule has 0 saturated carbocycles. The Kier molecular flexibility index (Phi) is 8.53. The number of amides is 1. The minimum absolute atomic E-state index is 0.252. The number of carbonyl (C=O) groups excluding carboxylic acids is 1. The fourth-order valence-electron chi connectivity index (χ4n) is 2.20. The molecule has 2 N–H and O–H groups in total. The molecule has 1 saturated heterocycles. The normalized spacial score (nSPS) is 17.0. The van der Waals surface area contributed by atoms with E-state index < -0.39 is 0 Å². The molecule has 1 aliphatic heterocycles. The molecule has 0 aromatic heterocycles. The van der Waals surface area contributed by atoms with Gasteiger partial charge in [0.15, 0.2) is 0 Å². The number of nitrogens with one attached hydrogen (secondary N) is 2. The SMILES string of the molecule is CSCCCCCNC(=O)CC1CCNCC1. The molecule has 0 radical (unpaired) electrons. The molecule has 1 aliphatic rings. The van der Waals surface area contributed by atoms with Gasteiger partial charge in [-0.05, 0) is 56.7 Å². The van der Waals surface area contributed by atoms with Gasteiger partial charge in [0.25, 0.3) is 0 Å². The number of thioether (sulfide) groups is 1. The zero-order valence-electron chi connectivity index (χ0n) is 11.0.